The Bertz CT molecular complexity index is 1050. The lowest BCUT2D eigenvalue weighted by molar-refractivity contribution is 0.0803. The summed E-state index contributed by atoms with van der Waals surface area (Å²) in [6.07, 6.45) is -0.110. The summed E-state index contributed by atoms with van der Waals surface area (Å²) in [5.41, 5.74) is 1.72. The standard InChI is InChI=1S/C22H26F2N6O2/c1-2-8-30-11-16(14-6-4-3-5-7-14)18(12-30)26-22(31)27-20-9-17-15(10-25-20)21(29-28-17)32-13-19(23)24/h3-7,9-10,16,18-19H,2,8,11-13H2,1H3,(H,28,29)(H2,25,26,27,31)/t16-,18+/m1/s1. The number of hydrogen-bond acceptors (Lipinski definition) is 5. The Morgan fingerprint density at radius 2 is 2.12 bits per heavy atom. The van der Waals surface area contributed by atoms with Gasteiger partial charge < -0.3 is 15.0 Å². The van der Waals surface area contributed by atoms with Gasteiger partial charge in [0, 0.05) is 31.3 Å². The van der Waals surface area contributed by atoms with Gasteiger partial charge >= 0.3 is 6.03 Å². The van der Waals surface area contributed by atoms with Gasteiger partial charge in [0.25, 0.3) is 6.43 Å². The Kier molecular flexibility index (Phi) is 6.79. The second-order valence-corrected chi connectivity index (χ2v) is 7.83. The van der Waals surface area contributed by atoms with Crippen LogP contribution in [0.25, 0.3) is 10.9 Å². The van der Waals surface area contributed by atoms with Crippen molar-refractivity contribution < 1.29 is 18.3 Å². The predicted molar refractivity (Wildman–Crippen MR) is 117 cm³/mol. The molecule has 0 bridgehead atoms. The number of halogens is 2. The third-order valence-corrected chi connectivity index (χ3v) is 5.48. The van der Waals surface area contributed by atoms with Crippen molar-refractivity contribution in [1.82, 2.24) is 25.4 Å². The van der Waals surface area contributed by atoms with Crippen LogP contribution in [-0.2, 0) is 0 Å². The third-order valence-electron chi connectivity index (χ3n) is 5.48. The van der Waals surface area contributed by atoms with Gasteiger partial charge in [-0.1, -0.05) is 37.3 Å². The van der Waals surface area contributed by atoms with Crippen LogP contribution in [0.15, 0.2) is 42.6 Å². The number of benzene rings is 1. The normalized spacial score (nSPS) is 18.9. The molecular formula is C22H26F2N6O2. The van der Waals surface area contributed by atoms with E-state index in [0.717, 1.165) is 26.1 Å². The Labute approximate surface area is 184 Å². The SMILES string of the molecule is CCCN1C[C@H](NC(=O)Nc2cc3[nH]nc(OCC(F)F)c3cn2)[C@@H](c2ccccc2)C1. The summed E-state index contributed by atoms with van der Waals surface area (Å²) in [5, 5.41) is 12.9. The lowest BCUT2D eigenvalue weighted by atomic mass is 9.94. The lowest BCUT2D eigenvalue weighted by Gasteiger charge is -2.20. The van der Waals surface area contributed by atoms with Crippen molar-refractivity contribution in [2.45, 2.75) is 31.7 Å². The maximum absolute atomic E-state index is 12.7. The summed E-state index contributed by atoms with van der Waals surface area (Å²) in [7, 11) is 0. The second kappa shape index (κ2) is 9.90. The van der Waals surface area contributed by atoms with E-state index in [0.29, 0.717) is 16.7 Å². The molecular weight excluding hydrogens is 418 g/mol. The van der Waals surface area contributed by atoms with Crippen LogP contribution in [0.4, 0.5) is 19.4 Å². The third kappa shape index (κ3) is 5.13. The first-order valence-electron chi connectivity index (χ1n) is 10.6. The number of rotatable bonds is 8. The van der Waals surface area contributed by atoms with E-state index >= 15 is 0 Å². The Morgan fingerprint density at radius 1 is 1.31 bits per heavy atom. The van der Waals surface area contributed by atoms with Crippen LogP contribution in [0.3, 0.4) is 0 Å². The fourth-order valence-corrected chi connectivity index (χ4v) is 4.10. The highest BCUT2D eigenvalue weighted by Gasteiger charge is 2.34. The van der Waals surface area contributed by atoms with Crippen molar-refractivity contribution in [3.05, 3.63) is 48.2 Å². The number of aromatic nitrogens is 3. The molecule has 8 nitrogen and oxygen atoms in total. The number of carbonyl (C=O) groups is 1. The molecule has 0 unspecified atom stereocenters. The van der Waals surface area contributed by atoms with Gasteiger partial charge in [-0.2, -0.15) is 0 Å². The Balaban J connectivity index is 1.42. The molecule has 0 aliphatic carbocycles. The molecule has 0 saturated carbocycles. The number of nitrogens with one attached hydrogen (secondary N) is 3. The molecule has 0 spiro atoms. The summed E-state index contributed by atoms with van der Waals surface area (Å²) >= 11 is 0. The molecule has 32 heavy (non-hydrogen) atoms. The average Bonchev–Trinajstić information content (AvgIpc) is 3.36. The van der Waals surface area contributed by atoms with Crippen LogP contribution in [0.2, 0.25) is 0 Å². The topological polar surface area (TPSA) is 95.2 Å². The predicted octanol–water partition coefficient (Wildman–Crippen LogP) is 3.60. The van der Waals surface area contributed by atoms with Gasteiger partial charge in [-0.05, 0) is 18.5 Å². The number of anilines is 1. The van der Waals surface area contributed by atoms with Gasteiger partial charge in [-0.15, -0.1) is 5.10 Å². The molecule has 3 aromatic rings. The van der Waals surface area contributed by atoms with E-state index in [4.69, 9.17) is 4.74 Å². The highest BCUT2D eigenvalue weighted by molar-refractivity contribution is 5.92. The number of H-pyrrole nitrogens is 1. The number of pyridine rings is 1. The maximum atomic E-state index is 12.7. The van der Waals surface area contributed by atoms with Crippen LogP contribution >= 0.6 is 0 Å². The van der Waals surface area contributed by atoms with Gasteiger partial charge in [-0.25, -0.2) is 18.6 Å². The molecule has 3 heterocycles. The molecule has 1 aromatic carbocycles. The van der Waals surface area contributed by atoms with Crippen LogP contribution in [-0.4, -0.2) is 64.8 Å². The summed E-state index contributed by atoms with van der Waals surface area (Å²) in [6.45, 7) is 4.05. The first kappa shape index (κ1) is 21.9. The molecule has 2 amide bonds. The number of likely N-dealkylation sites (tertiary alicyclic amines) is 1. The van der Waals surface area contributed by atoms with Crippen molar-refractivity contribution in [1.29, 1.82) is 0 Å². The van der Waals surface area contributed by atoms with Gasteiger partial charge in [-0.3, -0.25) is 10.4 Å². The second-order valence-electron chi connectivity index (χ2n) is 7.83. The summed E-state index contributed by atoms with van der Waals surface area (Å²) in [5.74, 6) is 0.571. The van der Waals surface area contributed by atoms with E-state index in [1.54, 1.807) is 6.07 Å². The Morgan fingerprint density at radius 3 is 2.88 bits per heavy atom. The van der Waals surface area contributed by atoms with Crippen LogP contribution in [0.1, 0.15) is 24.8 Å². The van der Waals surface area contributed by atoms with E-state index < -0.39 is 13.0 Å². The van der Waals surface area contributed by atoms with Crippen molar-refractivity contribution >= 4 is 22.8 Å². The molecule has 1 aliphatic heterocycles. The summed E-state index contributed by atoms with van der Waals surface area (Å²) in [6, 6.07) is 11.4. The molecule has 2 aromatic heterocycles. The average molecular weight is 444 g/mol. The number of amides is 2. The number of urea groups is 1. The number of alkyl halides is 2. The van der Waals surface area contributed by atoms with Gasteiger partial charge in [0.2, 0.25) is 5.88 Å². The number of ether oxygens (including phenoxy) is 1. The van der Waals surface area contributed by atoms with Gasteiger partial charge in [0.1, 0.15) is 5.82 Å². The lowest BCUT2D eigenvalue weighted by Crippen LogP contribution is -2.42. The molecule has 170 valence electrons. The number of carbonyl (C=O) groups excluding carboxylic acids is 1. The van der Waals surface area contributed by atoms with Crippen LogP contribution < -0.4 is 15.4 Å². The van der Waals surface area contributed by atoms with Crippen molar-refractivity contribution in [2.24, 2.45) is 0 Å². The molecule has 1 saturated heterocycles. The molecule has 2 atom stereocenters. The van der Waals surface area contributed by atoms with Gasteiger partial charge in [0.05, 0.1) is 16.9 Å². The molecule has 4 rings (SSSR count). The first-order chi connectivity index (χ1) is 15.5. The molecule has 1 fully saturated rings. The minimum absolute atomic E-state index is 0.0332. The smallest absolute Gasteiger partial charge is 0.320 e. The first-order valence-corrected chi connectivity index (χ1v) is 10.6. The molecule has 10 heteroatoms. The molecule has 1 aliphatic rings. The highest BCUT2D eigenvalue weighted by Crippen LogP contribution is 2.28. The van der Waals surface area contributed by atoms with E-state index in [1.807, 2.05) is 18.2 Å². The number of nitrogens with zero attached hydrogens (tertiary/aromatic N) is 3. The van der Waals surface area contributed by atoms with Crippen molar-refractivity contribution in [3.8, 4) is 5.88 Å². The Hall–Kier alpha value is -3.27. The van der Waals surface area contributed by atoms with Gasteiger partial charge in [0.15, 0.2) is 6.61 Å². The summed E-state index contributed by atoms with van der Waals surface area (Å²) < 4.78 is 29.7. The summed E-state index contributed by atoms with van der Waals surface area (Å²) in [4.78, 5) is 19.3. The highest BCUT2D eigenvalue weighted by atomic mass is 19.3. The van der Waals surface area contributed by atoms with Crippen LogP contribution in [0, 0.1) is 0 Å². The minimum atomic E-state index is -2.59. The zero-order chi connectivity index (χ0) is 22.5. The van der Waals surface area contributed by atoms with Crippen LogP contribution in [0.5, 0.6) is 5.88 Å². The maximum Gasteiger partial charge on any atom is 0.320 e. The monoisotopic (exact) mass is 444 g/mol. The van der Waals surface area contributed by atoms with E-state index in [1.165, 1.54) is 11.8 Å². The molecule has 3 N–H and O–H groups in total. The van der Waals surface area contributed by atoms with E-state index in [9.17, 15) is 13.6 Å². The van der Waals surface area contributed by atoms with Crippen molar-refractivity contribution in [3.63, 3.8) is 0 Å². The number of fused-ring (bicyclic) bond motifs is 1. The zero-order valence-corrected chi connectivity index (χ0v) is 17.7. The number of aromatic amines is 1. The molecule has 0 radical (unpaired) electrons. The minimum Gasteiger partial charge on any atom is -0.470 e. The fourth-order valence-electron chi connectivity index (χ4n) is 4.10. The number of hydrogen-bond donors (Lipinski definition) is 3. The largest absolute Gasteiger partial charge is 0.470 e. The fraction of sp³-hybridized carbons (Fsp3) is 0.409. The van der Waals surface area contributed by atoms with E-state index in [-0.39, 0.29) is 23.9 Å². The van der Waals surface area contributed by atoms with Crippen molar-refractivity contribution in [2.75, 3.05) is 31.6 Å². The zero-order valence-electron chi connectivity index (χ0n) is 17.7. The van der Waals surface area contributed by atoms with E-state index in [2.05, 4.69) is 49.8 Å². The quantitative estimate of drug-likeness (QED) is 0.494.